The Labute approximate surface area is 316 Å². The number of aliphatic hydroxyl groups is 1. The number of hydrogen-bond acceptors (Lipinski definition) is 5. The van der Waals surface area contributed by atoms with Crippen LogP contribution in [0, 0.1) is 0 Å². The number of aliphatic hydroxyl groups excluding tert-OH is 1. The first-order valence-electron chi connectivity index (χ1n) is 21.6. The number of nitrogens with one attached hydrogen (secondary N) is 1. The number of carbonyl (C=O) groups is 1. The van der Waals surface area contributed by atoms with Gasteiger partial charge in [-0.1, -0.05) is 187 Å². The minimum Gasteiger partial charge on any atom is -0.387 e. The zero-order chi connectivity index (χ0) is 37.9. The lowest BCUT2D eigenvalue weighted by atomic mass is 10.0. The molecule has 8 nitrogen and oxygen atoms in total. The molecule has 9 heteroatoms. The van der Waals surface area contributed by atoms with Gasteiger partial charge >= 0.3 is 7.82 Å². The summed E-state index contributed by atoms with van der Waals surface area (Å²) in [6, 6.07) is -0.838. The molecule has 0 aliphatic heterocycles. The molecular formula is C42H86N2O6P+. The highest BCUT2D eigenvalue weighted by atomic mass is 31.2. The van der Waals surface area contributed by atoms with E-state index in [9.17, 15) is 19.4 Å². The van der Waals surface area contributed by atoms with Gasteiger partial charge in [-0.25, -0.2) is 4.57 Å². The van der Waals surface area contributed by atoms with E-state index in [-0.39, 0.29) is 19.1 Å². The number of quaternary nitrogens is 1. The minimum absolute atomic E-state index is 0.0641. The summed E-state index contributed by atoms with van der Waals surface area (Å²) in [6.07, 6.45) is 38.6. The number of phosphoric ester groups is 1. The monoisotopic (exact) mass is 746 g/mol. The van der Waals surface area contributed by atoms with Crippen molar-refractivity contribution in [2.24, 2.45) is 0 Å². The third kappa shape index (κ3) is 37.4. The molecule has 0 bridgehead atoms. The van der Waals surface area contributed by atoms with E-state index in [1.54, 1.807) is 6.08 Å². The van der Waals surface area contributed by atoms with E-state index in [1.165, 1.54) is 141 Å². The molecule has 0 spiro atoms. The van der Waals surface area contributed by atoms with Crippen LogP contribution in [-0.4, -0.2) is 73.4 Å². The standard InChI is InChI=1S/C42H85N2O6P/c1-6-8-10-12-14-16-17-18-19-20-21-22-23-24-25-26-28-30-32-34-36-42(46)43-40(39-50-51(47,48)49-38-37-44(3,4)5)41(45)35-33-31-29-27-15-13-11-9-7-2/h33,35,40-41,45H,6-32,34,36-39H2,1-5H3,(H-,43,46,47,48)/p+1/b35-33+. The topological polar surface area (TPSA) is 105 Å². The molecular weight excluding hydrogens is 659 g/mol. The number of nitrogens with zero attached hydrogens (tertiary/aromatic N) is 1. The molecule has 51 heavy (non-hydrogen) atoms. The van der Waals surface area contributed by atoms with E-state index in [1.807, 2.05) is 27.2 Å². The fourth-order valence-corrected chi connectivity index (χ4v) is 7.01. The molecule has 0 fully saturated rings. The Hall–Kier alpha value is -0.760. The first kappa shape index (κ1) is 50.2. The molecule has 0 aromatic rings. The number of hydrogen-bond donors (Lipinski definition) is 3. The number of rotatable bonds is 39. The Balaban J connectivity index is 4.25. The van der Waals surface area contributed by atoms with Crippen LogP contribution in [0.1, 0.15) is 200 Å². The predicted molar refractivity (Wildman–Crippen MR) is 217 cm³/mol. The molecule has 304 valence electrons. The number of phosphoric acid groups is 1. The van der Waals surface area contributed by atoms with Crippen molar-refractivity contribution in [3.63, 3.8) is 0 Å². The van der Waals surface area contributed by atoms with Crippen molar-refractivity contribution in [3.05, 3.63) is 12.2 Å². The normalized spacial score (nSPS) is 14.6. The highest BCUT2D eigenvalue weighted by Gasteiger charge is 2.27. The lowest BCUT2D eigenvalue weighted by Gasteiger charge is -2.25. The van der Waals surface area contributed by atoms with Gasteiger partial charge in [0.2, 0.25) is 5.91 Å². The Morgan fingerprint density at radius 2 is 1.04 bits per heavy atom. The lowest BCUT2D eigenvalue weighted by molar-refractivity contribution is -0.870. The average molecular weight is 746 g/mol. The maximum atomic E-state index is 12.8. The Morgan fingerprint density at radius 1 is 0.647 bits per heavy atom. The van der Waals surface area contributed by atoms with E-state index in [0.29, 0.717) is 17.4 Å². The first-order chi connectivity index (χ1) is 24.5. The summed E-state index contributed by atoms with van der Waals surface area (Å²) in [5.41, 5.74) is 0. The van der Waals surface area contributed by atoms with Crippen LogP contribution in [0.4, 0.5) is 0 Å². The van der Waals surface area contributed by atoms with Crippen molar-refractivity contribution in [1.29, 1.82) is 0 Å². The SMILES string of the molecule is CCCCCCCCC/C=C/C(O)C(COP(=O)(O)OCC[N+](C)(C)C)NC(=O)CCCCCCCCCCCCCCCCCCCCCC. The zero-order valence-corrected chi connectivity index (χ0v) is 35.3. The third-order valence-electron chi connectivity index (χ3n) is 9.76. The fourth-order valence-electron chi connectivity index (χ4n) is 6.28. The molecule has 0 aromatic carbocycles. The van der Waals surface area contributed by atoms with Gasteiger partial charge in [-0.2, -0.15) is 0 Å². The van der Waals surface area contributed by atoms with E-state index >= 15 is 0 Å². The van der Waals surface area contributed by atoms with Gasteiger partial charge in [-0.05, 0) is 19.3 Å². The smallest absolute Gasteiger partial charge is 0.387 e. The summed E-state index contributed by atoms with van der Waals surface area (Å²) in [5.74, 6) is -0.177. The second-order valence-corrected chi connectivity index (χ2v) is 17.5. The van der Waals surface area contributed by atoms with E-state index in [4.69, 9.17) is 9.05 Å². The summed E-state index contributed by atoms with van der Waals surface area (Å²) in [7, 11) is 1.58. The molecule has 0 rings (SSSR count). The molecule has 3 N–H and O–H groups in total. The van der Waals surface area contributed by atoms with Crippen LogP contribution < -0.4 is 5.32 Å². The Bertz CT molecular complexity index is 850. The third-order valence-corrected chi connectivity index (χ3v) is 10.7. The van der Waals surface area contributed by atoms with Crippen LogP contribution in [0.5, 0.6) is 0 Å². The van der Waals surface area contributed by atoms with Gasteiger partial charge in [0.05, 0.1) is 39.9 Å². The first-order valence-corrected chi connectivity index (χ1v) is 23.1. The van der Waals surface area contributed by atoms with Gasteiger partial charge in [0.25, 0.3) is 0 Å². The highest BCUT2D eigenvalue weighted by molar-refractivity contribution is 7.47. The number of carbonyl (C=O) groups excluding carboxylic acids is 1. The van der Waals surface area contributed by atoms with Crippen molar-refractivity contribution >= 4 is 13.7 Å². The number of amides is 1. The Morgan fingerprint density at radius 3 is 1.45 bits per heavy atom. The Kier molecular flexibility index (Phi) is 34.5. The van der Waals surface area contributed by atoms with Gasteiger partial charge in [-0.15, -0.1) is 0 Å². The maximum absolute atomic E-state index is 12.8. The largest absolute Gasteiger partial charge is 0.472 e. The zero-order valence-electron chi connectivity index (χ0n) is 34.4. The molecule has 0 aliphatic carbocycles. The predicted octanol–water partition coefficient (Wildman–Crippen LogP) is 11.6. The van der Waals surface area contributed by atoms with Crippen LogP contribution in [-0.2, 0) is 18.4 Å². The highest BCUT2D eigenvalue weighted by Crippen LogP contribution is 2.43. The summed E-state index contributed by atoms with van der Waals surface area (Å²) in [6.45, 7) is 4.79. The van der Waals surface area contributed by atoms with Crippen molar-refractivity contribution in [3.8, 4) is 0 Å². The molecule has 0 saturated heterocycles. The number of likely N-dealkylation sites (N-methyl/N-ethyl adjacent to an activating group) is 1. The molecule has 0 aliphatic rings. The summed E-state index contributed by atoms with van der Waals surface area (Å²) in [5, 5.41) is 13.7. The molecule has 0 radical (unpaired) electrons. The minimum atomic E-state index is -4.32. The average Bonchev–Trinajstić information content (AvgIpc) is 3.07. The van der Waals surface area contributed by atoms with E-state index in [2.05, 4.69) is 19.2 Å². The quantitative estimate of drug-likeness (QED) is 0.0250. The lowest BCUT2D eigenvalue weighted by Crippen LogP contribution is -2.45. The number of allylic oxidation sites excluding steroid dienone is 1. The van der Waals surface area contributed by atoms with Crippen LogP contribution in [0.2, 0.25) is 0 Å². The van der Waals surface area contributed by atoms with Gasteiger partial charge in [-0.3, -0.25) is 13.8 Å². The van der Waals surface area contributed by atoms with Crippen molar-refractivity contribution in [2.45, 2.75) is 212 Å². The fraction of sp³-hybridized carbons (Fsp3) is 0.929. The number of unbranched alkanes of at least 4 members (excludes halogenated alkanes) is 26. The van der Waals surface area contributed by atoms with Gasteiger partial charge in [0, 0.05) is 6.42 Å². The van der Waals surface area contributed by atoms with Gasteiger partial charge in [0.15, 0.2) is 0 Å². The van der Waals surface area contributed by atoms with Crippen molar-refractivity contribution in [1.82, 2.24) is 5.32 Å². The second-order valence-electron chi connectivity index (χ2n) is 16.1. The van der Waals surface area contributed by atoms with Crippen molar-refractivity contribution in [2.75, 3.05) is 40.9 Å². The molecule has 0 saturated carbocycles. The van der Waals surface area contributed by atoms with Crippen LogP contribution in [0.25, 0.3) is 0 Å². The summed E-state index contributed by atoms with van der Waals surface area (Å²) < 4.78 is 23.5. The molecule has 3 atom stereocenters. The molecule has 3 unspecified atom stereocenters. The van der Waals surface area contributed by atoms with E-state index < -0.39 is 20.0 Å². The van der Waals surface area contributed by atoms with Crippen LogP contribution >= 0.6 is 7.82 Å². The van der Waals surface area contributed by atoms with E-state index in [0.717, 1.165) is 38.5 Å². The molecule has 0 heterocycles. The molecule has 0 aromatic heterocycles. The van der Waals surface area contributed by atoms with Crippen molar-refractivity contribution < 1.29 is 32.9 Å². The van der Waals surface area contributed by atoms with Crippen LogP contribution in [0.15, 0.2) is 12.2 Å². The summed E-state index contributed by atoms with van der Waals surface area (Å²) >= 11 is 0. The second kappa shape index (κ2) is 35.0. The maximum Gasteiger partial charge on any atom is 0.472 e. The molecule has 1 amide bonds. The van der Waals surface area contributed by atoms with Gasteiger partial charge in [0.1, 0.15) is 13.2 Å². The summed E-state index contributed by atoms with van der Waals surface area (Å²) in [4.78, 5) is 23.0. The van der Waals surface area contributed by atoms with Crippen LogP contribution in [0.3, 0.4) is 0 Å². The van der Waals surface area contributed by atoms with Gasteiger partial charge < -0.3 is 19.8 Å².